The van der Waals surface area contributed by atoms with Crippen LogP contribution in [-0.2, 0) is 0 Å². The van der Waals surface area contributed by atoms with Gasteiger partial charge in [0.25, 0.3) is 5.69 Å². The monoisotopic (exact) mass is 293 g/mol. The minimum absolute atomic E-state index is 0.104. The average Bonchev–Trinajstić information content (AvgIpc) is 2.41. The molecule has 2 N–H and O–H groups in total. The number of halogens is 1. The van der Waals surface area contributed by atoms with E-state index < -0.39 is 4.92 Å². The fourth-order valence-electron chi connectivity index (χ4n) is 1.56. The summed E-state index contributed by atoms with van der Waals surface area (Å²) < 4.78 is 5.49. The van der Waals surface area contributed by atoms with E-state index in [-0.39, 0.29) is 28.4 Å². The van der Waals surface area contributed by atoms with Gasteiger partial charge >= 0.3 is 0 Å². The summed E-state index contributed by atoms with van der Waals surface area (Å²) >= 11 is 5.95. The standard InChI is InChI=1S/C13H12ClN3O3/c1-8(15)9-4-5-16-13(6-9)20-12-7-10(17(18)19)2-3-11(12)14/h2-8H,15H2,1H3/t8-/m1/s1. The smallest absolute Gasteiger partial charge is 0.273 e. The van der Waals surface area contributed by atoms with Crippen molar-refractivity contribution in [2.45, 2.75) is 13.0 Å². The predicted octanol–water partition coefficient (Wildman–Crippen LogP) is 3.46. The molecule has 0 radical (unpaired) electrons. The van der Waals surface area contributed by atoms with Gasteiger partial charge in [-0.3, -0.25) is 10.1 Å². The lowest BCUT2D eigenvalue weighted by Crippen LogP contribution is -2.05. The van der Waals surface area contributed by atoms with Crippen molar-refractivity contribution in [3.05, 3.63) is 57.2 Å². The Balaban J connectivity index is 2.32. The second-order valence-electron chi connectivity index (χ2n) is 4.19. The molecule has 104 valence electrons. The van der Waals surface area contributed by atoms with Crippen LogP contribution in [0.2, 0.25) is 5.02 Å². The van der Waals surface area contributed by atoms with Crippen molar-refractivity contribution < 1.29 is 9.66 Å². The zero-order valence-corrected chi connectivity index (χ0v) is 11.4. The third-order valence-electron chi connectivity index (χ3n) is 2.62. The predicted molar refractivity (Wildman–Crippen MR) is 75.0 cm³/mol. The zero-order valence-electron chi connectivity index (χ0n) is 10.6. The Morgan fingerprint density at radius 2 is 2.15 bits per heavy atom. The number of ether oxygens (including phenoxy) is 1. The van der Waals surface area contributed by atoms with E-state index in [1.807, 2.05) is 6.92 Å². The molecule has 0 unspecified atom stereocenters. The van der Waals surface area contributed by atoms with Crippen LogP contribution in [0.15, 0.2) is 36.5 Å². The molecule has 0 aliphatic carbocycles. The Morgan fingerprint density at radius 1 is 1.40 bits per heavy atom. The number of nitro benzene ring substituents is 1. The van der Waals surface area contributed by atoms with Gasteiger partial charge in [0, 0.05) is 24.4 Å². The van der Waals surface area contributed by atoms with Crippen LogP contribution in [0.1, 0.15) is 18.5 Å². The minimum Gasteiger partial charge on any atom is -0.437 e. The van der Waals surface area contributed by atoms with Crippen molar-refractivity contribution >= 4 is 17.3 Å². The Morgan fingerprint density at radius 3 is 2.80 bits per heavy atom. The number of pyridine rings is 1. The molecule has 0 saturated heterocycles. The van der Waals surface area contributed by atoms with E-state index in [1.165, 1.54) is 18.2 Å². The molecule has 0 fully saturated rings. The van der Waals surface area contributed by atoms with E-state index in [0.29, 0.717) is 0 Å². The molecule has 2 rings (SSSR count). The normalized spacial score (nSPS) is 11.9. The highest BCUT2D eigenvalue weighted by Gasteiger charge is 2.12. The SMILES string of the molecule is C[C@@H](N)c1ccnc(Oc2cc([N+](=O)[O-])ccc2Cl)c1. The van der Waals surface area contributed by atoms with Crippen LogP contribution in [0, 0.1) is 10.1 Å². The molecule has 0 aliphatic heterocycles. The number of non-ortho nitro benzene ring substituents is 1. The average molecular weight is 294 g/mol. The van der Waals surface area contributed by atoms with Gasteiger partial charge < -0.3 is 10.5 Å². The lowest BCUT2D eigenvalue weighted by Gasteiger charge is -2.09. The van der Waals surface area contributed by atoms with Crippen molar-refractivity contribution in [3.8, 4) is 11.6 Å². The summed E-state index contributed by atoms with van der Waals surface area (Å²) in [5.41, 5.74) is 6.51. The molecule has 0 aliphatic rings. The van der Waals surface area contributed by atoms with E-state index in [0.717, 1.165) is 5.56 Å². The summed E-state index contributed by atoms with van der Waals surface area (Å²) in [4.78, 5) is 14.2. The summed E-state index contributed by atoms with van der Waals surface area (Å²) in [6, 6.07) is 7.24. The molecule has 0 amide bonds. The third-order valence-corrected chi connectivity index (χ3v) is 2.94. The number of aromatic nitrogens is 1. The van der Waals surface area contributed by atoms with Gasteiger partial charge in [-0.1, -0.05) is 11.6 Å². The van der Waals surface area contributed by atoms with Crippen LogP contribution in [-0.4, -0.2) is 9.91 Å². The van der Waals surface area contributed by atoms with Crippen LogP contribution in [0.3, 0.4) is 0 Å². The Kier molecular flexibility index (Phi) is 4.16. The number of rotatable bonds is 4. The van der Waals surface area contributed by atoms with Crippen LogP contribution < -0.4 is 10.5 Å². The van der Waals surface area contributed by atoms with Crippen LogP contribution in [0.4, 0.5) is 5.69 Å². The zero-order chi connectivity index (χ0) is 14.7. The molecule has 0 saturated carbocycles. The Bertz CT molecular complexity index is 647. The van der Waals surface area contributed by atoms with E-state index in [2.05, 4.69) is 4.98 Å². The van der Waals surface area contributed by atoms with Crippen molar-refractivity contribution in [1.82, 2.24) is 4.98 Å². The number of benzene rings is 1. The number of nitrogens with zero attached hydrogens (tertiary/aromatic N) is 2. The molecule has 7 heteroatoms. The van der Waals surface area contributed by atoms with Gasteiger partial charge in [-0.25, -0.2) is 4.98 Å². The van der Waals surface area contributed by atoms with Crippen LogP contribution >= 0.6 is 11.6 Å². The molecule has 2 aromatic rings. The molecule has 0 bridgehead atoms. The maximum Gasteiger partial charge on any atom is 0.273 e. The number of hydrogen-bond acceptors (Lipinski definition) is 5. The second-order valence-corrected chi connectivity index (χ2v) is 4.60. The number of hydrogen-bond donors (Lipinski definition) is 1. The van der Waals surface area contributed by atoms with Crippen LogP contribution in [0.25, 0.3) is 0 Å². The molecule has 1 heterocycles. The van der Waals surface area contributed by atoms with Gasteiger partial charge in [0.05, 0.1) is 16.0 Å². The lowest BCUT2D eigenvalue weighted by atomic mass is 10.1. The summed E-state index contributed by atoms with van der Waals surface area (Å²) in [6.45, 7) is 1.83. The lowest BCUT2D eigenvalue weighted by molar-refractivity contribution is -0.384. The highest BCUT2D eigenvalue weighted by molar-refractivity contribution is 6.32. The van der Waals surface area contributed by atoms with Gasteiger partial charge in [-0.05, 0) is 24.6 Å². The minimum atomic E-state index is -0.519. The molecule has 0 spiro atoms. The summed E-state index contributed by atoms with van der Waals surface area (Å²) in [6.07, 6.45) is 1.55. The van der Waals surface area contributed by atoms with E-state index in [9.17, 15) is 10.1 Å². The highest BCUT2D eigenvalue weighted by atomic mass is 35.5. The van der Waals surface area contributed by atoms with E-state index in [4.69, 9.17) is 22.1 Å². The van der Waals surface area contributed by atoms with Crippen molar-refractivity contribution in [2.75, 3.05) is 0 Å². The van der Waals surface area contributed by atoms with Crippen LogP contribution in [0.5, 0.6) is 11.6 Å². The molecule has 1 aromatic carbocycles. The van der Waals surface area contributed by atoms with Gasteiger partial charge in [0.15, 0.2) is 5.75 Å². The van der Waals surface area contributed by atoms with Gasteiger partial charge in [0.2, 0.25) is 5.88 Å². The molecule has 6 nitrogen and oxygen atoms in total. The van der Waals surface area contributed by atoms with E-state index >= 15 is 0 Å². The largest absolute Gasteiger partial charge is 0.437 e. The number of nitrogens with two attached hydrogens (primary N) is 1. The maximum absolute atomic E-state index is 10.7. The molecule has 20 heavy (non-hydrogen) atoms. The molecular weight excluding hydrogens is 282 g/mol. The molecule has 1 aromatic heterocycles. The fourth-order valence-corrected chi connectivity index (χ4v) is 1.72. The summed E-state index contributed by atoms with van der Waals surface area (Å²) in [7, 11) is 0. The first-order valence-corrected chi connectivity index (χ1v) is 6.18. The Labute approximate surface area is 120 Å². The summed E-state index contributed by atoms with van der Waals surface area (Å²) in [5.74, 6) is 0.456. The topological polar surface area (TPSA) is 91.3 Å². The highest BCUT2D eigenvalue weighted by Crippen LogP contribution is 2.32. The van der Waals surface area contributed by atoms with Gasteiger partial charge in [0.1, 0.15) is 0 Å². The van der Waals surface area contributed by atoms with Gasteiger partial charge in [-0.15, -0.1) is 0 Å². The number of nitro groups is 1. The first-order valence-electron chi connectivity index (χ1n) is 5.80. The van der Waals surface area contributed by atoms with E-state index in [1.54, 1.807) is 18.3 Å². The maximum atomic E-state index is 10.7. The van der Waals surface area contributed by atoms with Crippen molar-refractivity contribution in [3.63, 3.8) is 0 Å². The first-order chi connectivity index (χ1) is 9.47. The summed E-state index contributed by atoms with van der Waals surface area (Å²) in [5, 5.41) is 11.0. The molecular formula is C13H12ClN3O3. The molecule has 1 atom stereocenters. The third kappa shape index (κ3) is 3.23. The van der Waals surface area contributed by atoms with Gasteiger partial charge in [-0.2, -0.15) is 0 Å². The van der Waals surface area contributed by atoms with Crippen molar-refractivity contribution in [1.29, 1.82) is 0 Å². The Hall–Kier alpha value is -2.18. The first kappa shape index (κ1) is 14.2. The second kappa shape index (κ2) is 5.85. The quantitative estimate of drug-likeness (QED) is 0.688. The van der Waals surface area contributed by atoms with Crippen molar-refractivity contribution in [2.24, 2.45) is 5.73 Å². The fraction of sp³-hybridized carbons (Fsp3) is 0.154.